The van der Waals surface area contributed by atoms with Crippen LogP contribution in [0.15, 0.2) is 60.0 Å². The fraction of sp³-hybridized carbons (Fsp3) is 0.0588. The van der Waals surface area contributed by atoms with Gasteiger partial charge >= 0.3 is 0 Å². The van der Waals surface area contributed by atoms with E-state index in [2.05, 4.69) is 11.9 Å². The van der Waals surface area contributed by atoms with Gasteiger partial charge < -0.3 is 0 Å². The Kier molecular flexibility index (Phi) is 3.44. The summed E-state index contributed by atoms with van der Waals surface area (Å²) in [7, 11) is 0. The van der Waals surface area contributed by atoms with Crippen molar-refractivity contribution in [3.8, 4) is 11.3 Å². The highest BCUT2D eigenvalue weighted by Crippen LogP contribution is 2.23. The molecule has 0 saturated carbocycles. The lowest BCUT2D eigenvalue weighted by atomic mass is 10.1. The molecule has 1 heterocycles. The van der Waals surface area contributed by atoms with Crippen LogP contribution in [0.2, 0.25) is 0 Å². The summed E-state index contributed by atoms with van der Waals surface area (Å²) in [5.74, 6) is -0.0195. The first-order valence-electron chi connectivity index (χ1n) is 6.36. The Bertz CT molecular complexity index is 729. The minimum atomic E-state index is -0.0195. The molecule has 0 atom stereocenters. The topological polar surface area (TPSA) is 30.0 Å². The average Bonchev–Trinajstić information content (AvgIpc) is 2.98. The fourth-order valence-corrected chi connectivity index (χ4v) is 2.74. The Hall–Kier alpha value is -2.26. The van der Waals surface area contributed by atoms with Gasteiger partial charge in [0, 0.05) is 16.5 Å². The molecule has 0 fully saturated rings. The molecule has 98 valence electrons. The lowest BCUT2D eigenvalue weighted by molar-refractivity contribution is 0.103. The first-order valence-corrected chi connectivity index (χ1v) is 7.24. The van der Waals surface area contributed by atoms with Crippen LogP contribution >= 0.6 is 11.3 Å². The Morgan fingerprint density at radius 3 is 2.40 bits per heavy atom. The maximum atomic E-state index is 12.3. The molecule has 0 aliphatic heterocycles. The fourth-order valence-electron chi connectivity index (χ4n) is 1.95. The summed E-state index contributed by atoms with van der Waals surface area (Å²) in [5, 5.41) is 2.47. The smallest absolute Gasteiger partial charge is 0.221 e. The number of nitrogens with zero attached hydrogens (tertiary/aromatic N) is 1. The third-order valence-corrected chi connectivity index (χ3v) is 3.92. The zero-order chi connectivity index (χ0) is 13.9. The van der Waals surface area contributed by atoms with Crippen LogP contribution in [0.3, 0.4) is 0 Å². The number of hydrogen-bond donors (Lipinski definition) is 0. The van der Waals surface area contributed by atoms with Crippen molar-refractivity contribution in [2.75, 3.05) is 0 Å². The Labute approximate surface area is 121 Å². The third-order valence-electron chi connectivity index (χ3n) is 3.08. The number of carbonyl (C=O) groups excluding carboxylic acids is 1. The lowest BCUT2D eigenvalue weighted by Gasteiger charge is -1.98. The van der Waals surface area contributed by atoms with Crippen LogP contribution in [0.25, 0.3) is 11.3 Å². The average molecular weight is 279 g/mol. The molecule has 3 aromatic rings. The predicted octanol–water partition coefficient (Wildman–Crippen LogP) is 4.35. The van der Waals surface area contributed by atoms with Crippen LogP contribution in [-0.2, 0) is 0 Å². The molecule has 0 spiro atoms. The van der Waals surface area contributed by atoms with Gasteiger partial charge in [0.1, 0.15) is 0 Å². The van der Waals surface area contributed by atoms with Gasteiger partial charge in [0.25, 0.3) is 0 Å². The van der Waals surface area contributed by atoms with Crippen molar-refractivity contribution in [1.82, 2.24) is 4.98 Å². The Morgan fingerprint density at radius 2 is 1.70 bits per heavy atom. The molecule has 2 nitrogen and oxygen atoms in total. The van der Waals surface area contributed by atoms with E-state index in [1.807, 2.05) is 60.0 Å². The van der Waals surface area contributed by atoms with Crippen LogP contribution in [0.1, 0.15) is 20.9 Å². The molecule has 20 heavy (non-hydrogen) atoms. The number of carbonyl (C=O) groups is 1. The van der Waals surface area contributed by atoms with Crippen LogP contribution in [-0.4, -0.2) is 10.8 Å². The second kappa shape index (κ2) is 5.39. The van der Waals surface area contributed by atoms with Crippen molar-refractivity contribution in [3.63, 3.8) is 0 Å². The molecule has 2 aromatic carbocycles. The highest BCUT2D eigenvalue weighted by atomic mass is 32.1. The van der Waals surface area contributed by atoms with Crippen molar-refractivity contribution in [1.29, 1.82) is 0 Å². The van der Waals surface area contributed by atoms with Crippen molar-refractivity contribution >= 4 is 17.1 Å². The van der Waals surface area contributed by atoms with Gasteiger partial charge in [-0.1, -0.05) is 60.2 Å². The summed E-state index contributed by atoms with van der Waals surface area (Å²) >= 11 is 1.39. The van der Waals surface area contributed by atoms with Gasteiger partial charge in [-0.05, 0) is 6.92 Å². The van der Waals surface area contributed by atoms with E-state index in [1.54, 1.807) is 0 Å². The molecule has 0 N–H and O–H groups in total. The van der Waals surface area contributed by atoms with Gasteiger partial charge in [-0.15, -0.1) is 11.3 Å². The number of aromatic nitrogens is 1. The maximum absolute atomic E-state index is 12.3. The predicted molar refractivity (Wildman–Crippen MR) is 82.2 cm³/mol. The van der Waals surface area contributed by atoms with Crippen molar-refractivity contribution in [2.24, 2.45) is 0 Å². The van der Waals surface area contributed by atoms with Crippen LogP contribution in [0.5, 0.6) is 0 Å². The molecule has 3 heteroatoms. The van der Waals surface area contributed by atoms with Crippen molar-refractivity contribution in [3.05, 3.63) is 76.1 Å². The maximum Gasteiger partial charge on any atom is 0.221 e. The van der Waals surface area contributed by atoms with Crippen molar-refractivity contribution in [2.45, 2.75) is 6.92 Å². The van der Waals surface area contributed by atoms with Gasteiger partial charge in [0.2, 0.25) is 5.78 Å². The summed E-state index contributed by atoms with van der Waals surface area (Å²) in [4.78, 5) is 16.7. The highest BCUT2D eigenvalue weighted by molar-refractivity contribution is 7.12. The molecule has 0 radical (unpaired) electrons. The Balaban J connectivity index is 1.91. The number of ketones is 1. The van der Waals surface area contributed by atoms with Crippen LogP contribution in [0, 0.1) is 6.92 Å². The van der Waals surface area contributed by atoms with E-state index in [9.17, 15) is 4.79 Å². The molecule has 0 saturated heterocycles. The second-order valence-corrected chi connectivity index (χ2v) is 5.46. The first-order chi connectivity index (χ1) is 9.74. The SMILES string of the molecule is Cc1ccc(-c2csc(C(=O)c3ccccc3)n2)cc1. The number of aryl methyl sites for hydroxylation is 1. The zero-order valence-electron chi connectivity index (χ0n) is 11.0. The molecule has 0 bridgehead atoms. The van der Waals surface area contributed by atoms with Gasteiger partial charge in [0.05, 0.1) is 5.69 Å². The summed E-state index contributed by atoms with van der Waals surface area (Å²) in [6.45, 7) is 2.05. The van der Waals surface area contributed by atoms with Crippen molar-refractivity contribution < 1.29 is 4.79 Å². The third kappa shape index (κ3) is 2.53. The first kappa shape index (κ1) is 12.8. The minimum absolute atomic E-state index is 0.0195. The molecule has 3 rings (SSSR count). The zero-order valence-corrected chi connectivity index (χ0v) is 11.9. The highest BCUT2D eigenvalue weighted by Gasteiger charge is 2.13. The lowest BCUT2D eigenvalue weighted by Crippen LogP contribution is -1.99. The van der Waals surface area contributed by atoms with Crippen LogP contribution < -0.4 is 0 Å². The van der Waals surface area contributed by atoms with E-state index in [-0.39, 0.29) is 5.78 Å². The summed E-state index contributed by atoms with van der Waals surface area (Å²) < 4.78 is 0. The molecular weight excluding hydrogens is 266 g/mol. The standard InChI is InChI=1S/C17H13NOS/c1-12-7-9-13(10-8-12)15-11-20-17(18-15)16(19)14-5-3-2-4-6-14/h2-11H,1H3. The van der Waals surface area contributed by atoms with Gasteiger partial charge in [-0.25, -0.2) is 4.98 Å². The molecule has 0 aliphatic rings. The van der Waals surface area contributed by atoms with E-state index >= 15 is 0 Å². The molecular formula is C17H13NOS. The van der Waals surface area contributed by atoms with E-state index < -0.39 is 0 Å². The second-order valence-electron chi connectivity index (χ2n) is 4.60. The van der Waals surface area contributed by atoms with Gasteiger partial charge in [-0.3, -0.25) is 4.79 Å². The number of benzene rings is 2. The van der Waals surface area contributed by atoms with E-state index in [4.69, 9.17) is 0 Å². The largest absolute Gasteiger partial charge is 0.286 e. The van der Waals surface area contributed by atoms with E-state index in [0.717, 1.165) is 11.3 Å². The van der Waals surface area contributed by atoms with E-state index in [1.165, 1.54) is 16.9 Å². The van der Waals surface area contributed by atoms with Gasteiger partial charge in [-0.2, -0.15) is 0 Å². The molecule has 0 aliphatic carbocycles. The summed E-state index contributed by atoms with van der Waals surface area (Å²) in [6.07, 6.45) is 0. The minimum Gasteiger partial charge on any atom is -0.286 e. The molecule has 0 amide bonds. The summed E-state index contributed by atoms with van der Waals surface area (Å²) in [5.41, 5.74) is 3.79. The quantitative estimate of drug-likeness (QED) is 0.667. The normalized spacial score (nSPS) is 10.4. The summed E-state index contributed by atoms with van der Waals surface area (Å²) in [6, 6.07) is 17.4. The monoisotopic (exact) mass is 279 g/mol. The number of rotatable bonds is 3. The number of thiazole rings is 1. The number of hydrogen-bond acceptors (Lipinski definition) is 3. The van der Waals surface area contributed by atoms with E-state index in [0.29, 0.717) is 10.6 Å². The molecule has 0 unspecified atom stereocenters. The van der Waals surface area contributed by atoms with Crippen LogP contribution in [0.4, 0.5) is 0 Å². The molecule has 1 aromatic heterocycles. The van der Waals surface area contributed by atoms with Gasteiger partial charge in [0.15, 0.2) is 5.01 Å². The Morgan fingerprint density at radius 1 is 1.00 bits per heavy atom.